The fraction of sp³-hybridized carbons (Fsp3) is 0.231. The van der Waals surface area contributed by atoms with Gasteiger partial charge >= 0.3 is 26.2 Å². The molecular weight excluding hydrogens is 318 g/mol. The quantitative estimate of drug-likeness (QED) is 0.514. The summed E-state index contributed by atoms with van der Waals surface area (Å²) in [7, 11) is 0. The maximum Gasteiger partial charge on any atom is 4.00 e. The van der Waals surface area contributed by atoms with Crippen LogP contribution in [0.4, 0.5) is 0 Å². The molecule has 16 heavy (non-hydrogen) atoms. The molecule has 0 spiro atoms. The molecule has 0 radical (unpaired) electrons. The van der Waals surface area contributed by atoms with Gasteiger partial charge in [0.05, 0.1) is 0 Å². The van der Waals surface area contributed by atoms with Gasteiger partial charge in [0.2, 0.25) is 0 Å². The van der Waals surface area contributed by atoms with E-state index in [1.54, 1.807) is 0 Å². The summed E-state index contributed by atoms with van der Waals surface area (Å²) in [6, 6.07) is 16.4. The molecule has 0 nitrogen and oxygen atoms in total. The van der Waals surface area contributed by atoms with Gasteiger partial charge in [0.15, 0.2) is 0 Å². The molecule has 0 fully saturated rings. The minimum Gasteiger partial charge on any atom is -1.00 e. The van der Waals surface area contributed by atoms with Crippen molar-refractivity contribution in [2.24, 2.45) is 0 Å². The van der Waals surface area contributed by atoms with Gasteiger partial charge in [-0.2, -0.15) is 35.4 Å². The first-order chi connectivity index (χ1) is 6.34. The molecule has 2 aromatic rings. The number of aryl methyl sites for hydroxylation is 2. The van der Waals surface area contributed by atoms with Crippen molar-refractivity contribution in [3.63, 3.8) is 0 Å². The van der Waals surface area contributed by atoms with Crippen molar-refractivity contribution >= 4 is 0 Å². The van der Waals surface area contributed by atoms with Gasteiger partial charge < -0.3 is 24.8 Å². The van der Waals surface area contributed by atoms with Crippen LogP contribution < -0.4 is 24.8 Å². The Bertz CT molecular complexity index is 295. The summed E-state index contributed by atoms with van der Waals surface area (Å²) in [5.41, 5.74) is 2.90. The maximum absolute atomic E-state index is 2.18. The van der Waals surface area contributed by atoms with E-state index >= 15 is 0 Å². The average molecular weight is 334 g/mol. The normalized spacial score (nSPS) is 7.38. The van der Waals surface area contributed by atoms with Crippen LogP contribution in [0.3, 0.4) is 0 Å². The number of hydrogen-bond donors (Lipinski definition) is 0. The summed E-state index contributed by atoms with van der Waals surface area (Å²) in [6.45, 7) is 4.33. The largest absolute Gasteiger partial charge is 4.00 e. The average Bonchev–Trinajstić information content (AvgIpc) is 2.76. The van der Waals surface area contributed by atoms with Gasteiger partial charge in [0.25, 0.3) is 0 Å². The van der Waals surface area contributed by atoms with Gasteiger partial charge in [0.1, 0.15) is 0 Å². The van der Waals surface area contributed by atoms with E-state index < -0.39 is 0 Å². The second-order valence-corrected chi connectivity index (χ2v) is 3.05. The molecule has 0 unspecified atom stereocenters. The SMILES string of the molecule is CCc1ccc[c-]1C.[Cl-].[Cl-].[Zr+4].c1cc[cH-]c1. The molecule has 0 N–H and O–H groups in total. The summed E-state index contributed by atoms with van der Waals surface area (Å²) in [5.74, 6) is 0. The van der Waals surface area contributed by atoms with Crippen LogP contribution in [0.2, 0.25) is 0 Å². The maximum atomic E-state index is 2.18. The van der Waals surface area contributed by atoms with Gasteiger partial charge in [0, 0.05) is 0 Å². The van der Waals surface area contributed by atoms with E-state index in [2.05, 4.69) is 32.0 Å². The Morgan fingerprint density at radius 3 is 1.88 bits per heavy atom. The Morgan fingerprint density at radius 2 is 1.69 bits per heavy atom. The predicted octanol–water partition coefficient (Wildman–Crippen LogP) is -2.31. The van der Waals surface area contributed by atoms with Crippen LogP contribution in [0, 0.1) is 6.92 Å². The third-order valence-corrected chi connectivity index (χ3v) is 2.09. The molecule has 0 saturated heterocycles. The predicted molar refractivity (Wildman–Crippen MR) is 58.2 cm³/mol. The van der Waals surface area contributed by atoms with E-state index in [1.807, 2.05) is 30.3 Å². The fourth-order valence-corrected chi connectivity index (χ4v) is 1.26. The first-order valence-corrected chi connectivity index (χ1v) is 4.72. The molecule has 0 bridgehead atoms. The van der Waals surface area contributed by atoms with Crippen molar-refractivity contribution in [1.82, 2.24) is 0 Å². The Balaban J connectivity index is -0.000000189. The van der Waals surface area contributed by atoms with E-state index in [4.69, 9.17) is 0 Å². The summed E-state index contributed by atoms with van der Waals surface area (Å²) in [5, 5.41) is 0. The molecule has 0 aliphatic heterocycles. The summed E-state index contributed by atoms with van der Waals surface area (Å²) in [6.07, 6.45) is 1.17. The monoisotopic (exact) mass is 332 g/mol. The summed E-state index contributed by atoms with van der Waals surface area (Å²) >= 11 is 0. The zero-order valence-corrected chi connectivity index (χ0v) is 13.6. The number of halogens is 2. The van der Waals surface area contributed by atoms with E-state index in [1.165, 1.54) is 17.5 Å². The minimum absolute atomic E-state index is 0. The minimum atomic E-state index is 0. The second kappa shape index (κ2) is 13.2. The van der Waals surface area contributed by atoms with Gasteiger partial charge in [-0.05, 0) is 0 Å². The molecule has 0 heterocycles. The van der Waals surface area contributed by atoms with Crippen LogP contribution >= 0.6 is 0 Å². The Morgan fingerprint density at radius 1 is 1.12 bits per heavy atom. The molecular formula is C13H16Cl2Zr. The van der Waals surface area contributed by atoms with Gasteiger partial charge in [-0.3, -0.25) is 0 Å². The van der Waals surface area contributed by atoms with Crippen molar-refractivity contribution in [1.29, 1.82) is 0 Å². The van der Waals surface area contributed by atoms with Gasteiger partial charge in [-0.25, -0.2) is 24.3 Å². The topological polar surface area (TPSA) is 0 Å². The van der Waals surface area contributed by atoms with E-state index in [0.29, 0.717) is 0 Å². The first kappa shape index (κ1) is 21.4. The molecule has 0 amide bonds. The van der Waals surface area contributed by atoms with Crippen molar-refractivity contribution in [2.75, 3.05) is 0 Å². The van der Waals surface area contributed by atoms with E-state index in [0.717, 1.165) is 0 Å². The number of rotatable bonds is 1. The Hall–Kier alpha value is 0.163. The Kier molecular flexibility index (Phi) is 17.7. The number of hydrogen-bond acceptors (Lipinski definition) is 0. The van der Waals surface area contributed by atoms with Crippen LogP contribution in [0.5, 0.6) is 0 Å². The summed E-state index contributed by atoms with van der Waals surface area (Å²) in [4.78, 5) is 0. The van der Waals surface area contributed by atoms with Crippen LogP contribution in [-0.2, 0) is 32.6 Å². The van der Waals surface area contributed by atoms with Crippen LogP contribution in [0.15, 0.2) is 48.5 Å². The van der Waals surface area contributed by atoms with Gasteiger partial charge in [-0.1, -0.05) is 20.3 Å². The molecule has 0 aliphatic rings. The smallest absolute Gasteiger partial charge is 1.00 e. The first-order valence-electron chi connectivity index (χ1n) is 4.72. The zero-order valence-electron chi connectivity index (χ0n) is 9.58. The van der Waals surface area contributed by atoms with E-state index in [9.17, 15) is 0 Å². The standard InChI is InChI=1S/C8H11.C5H5.2ClH.Zr/c1-3-8-6-4-5-7(8)2;1-2-4-5-3-1;;;/h4-6H,3H2,1-2H3;1-5H;2*1H;/q2*-1;;;+4/p-2. The third-order valence-electron chi connectivity index (χ3n) is 2.09. The Labute approximate surface area is 130 Å². The fourth-order valence-electron chi connectivity index (χ4n) is 1.26. The molecule has 2 aromatic carbocycles. The molecule has 0 aliphatic carbocycles. The molecule has 0 saturated carbocycles. The second-order valence-electron chi connectivity index (χ2n) is 3.05. The summed E-state index contributed by atoms with van der Waals surface area (Å²) < 4.78 is 0. The molecule has 0 aromatic heterocycles. The third kappa shape index (κ3) is 8.33. The zero-order chi connectivity index (χ0) is 9.52. The van der Waals surface area contributed by atoms with Crippen LogP contribution in [-0.4, -0.2) is 0 Å². The van der Waals surface area contributed by atoms with Crippen molar-refractivity contribution in [3.05, 3.63) is 59.7 Å². The molecule has 86 valence electrons. The van der Waals surface area contributed by atoms with Crippen molar-refractivity contribution < 1.29 is 51.0 Å². The molecule has 3 heteroatoms. The van der Waals surface area contributed by atoms with E-state index in [-0.39, 0.29) is 51.0 Å². The molecule has 2 rings (SSSR count). The van der Waals surface area contributed by atoms with Gasteiger partial charge in [-0.15, -0.1) is 0 Å². The van der Waals surface area contributed by atoms with Crippen LogP contribution in [0.25, 0.3) is 0 Å². The molecule has 0 atom stereocenters. The van der Waals surface area contributed by atoms with Crippen molar-refractivity contribution in [2.45, 2.75) is 20.3 Å². The van der Waals surface area contributed by atoms with Crippen LogP contribution in [0.1, 0.15) is 18.1 Å². The van der Waals surface area contributed by atoms with Crippen molar-refractivity contribution in [3.8, 4) is 0 Å².